The summed E-state index contributed by atoms with van der Waals surface area (Å²) in [5.74, 6) is 0.0569. The molecule has 0 radical (unpaired) electrons. The monoisotopic (exact) mass is 628 g/mol. The van der Waals surface area contributed by atoms with Crippen molar-refractivity contribution in [2.24, 2.45) is 0 Å². The SMILES string of the molecule is C(=C\c1ccncc1)/c1ccccc1.C(=C\c1ccncc1)/c1ccccc1.Oc1cc(O)c(Br)cc1Br. The van der Waals surface area contributed by atoms with Gasteiger partial charge in [0.05, 0.1) is 8.95 Å². The molecule has 0 atom stereocenters. The molecule has 190 valence electrons. The second kappa shape index (κ2) is 16.0. The Morgan fingerprint density at radius 1 is 0.447 bits per heavy atom. The fraction of sp³-hybridized carbons (Fsp3) is 0. The first-order chi connectivity index (χ1) is 18.5. The van der Waals surface area contributed by atoms with Gasteiger partial charge in [-0.05, 0) is 84.4 Å². The topological polar surface area (TPSA) is 66.2 Å². The number of rotatable bonds is 4. The van der Waals surface area contributed by atoms with E-state index in [2.05, 4.69) is 90.4 Å². The molecule has 0 unspecified atom stereocenters. The number of pyridine rings is 2. The van der Waals surface area contributed by atoms with Gasteiger partial charge < -0.3 is 10.2 Å². The lowest BCUT2D eigenvalue weighted by Gasteiger charge is -1.99. The zero-order valence-electron chi connectivity index (χ0n) is 20.4. The van der Waals surface area contributed by atoms with Crippen LogP contribution in [0.1, 0.15) is 22.3 Å². The highest BCUT2D eigenvalue weighted by molar-refractivity contribution is 9.11. The molecule has 0 saturated heterocycles. The Kier molecular flexibility index (Phi) is 12.0. The molecule has 0 fully saturated rings. The van der Waals surface area contributed by atoms with Gasteiger partial charge in [-0.25, -0.2) is 0 Å². The molecule has 5 rings (SSSR count). The zero-order valence-corrected chi connectivity index (χ0v) is 23.6. The van der Waals surface area contributed by atoms with E-state index in [9.17, 15) is 0 Å². The summed E-state index contributed by atoms with van der Waals surface area (Å²) in [6.45, 7) is 0. The molecule has 38 heavy (non-hydrogen) atoms. The Bertz CT molecular complexity index is 1210. The third-order valence-corrected chi connectivity index (χ3v) is 6.23. The van der Waals surface area contributed by atoms with Crippen molar-refractivity contribution in [3.05, 3.63) is 153 Å². The Balaban J connectivity index is 0.000000161. The van der Waals surface area contributed by atoms with Crippen molar-refractivity contribution >= 4 is 56.2 Å². The average Bonchev–Trinajstić information content (AvgIpc) is 2.97. The molecule has 3 aromatic carbocycles. The molecule has 2 N–H and O–H groups in total. The maximum atomic E-state index is 9.00. The number of phenolic OH excluding ortho intramolecular Hbond substituents is 2. The number of aromatic nitrogens is 2. The molecule has 0 bridgehead atoms. The summed E-state index contributed by atoms with van der Waals surface area (Å²) in [6, 6.07) is 31.3. The minimum absolute atomic E-state index is 0.0284. The Morgan fingerprint density at radius 3 is 1.08 bits per heavy atom. The van der Waals surface area contributed by atoms with Crippen molar-refractivity contribution in [2.45, 2.75) is 0 Å². The van der Waals surface area contributed by atoms with E-state index in [0.717, 1.165) is 0 Å². The summed E-state index contributed by atoms with van der Waals surface area (Å²) in [4.78, 5) is 7.93. The molecular weight excluding hydrogens is 604 g/mol. The molecule has 4 nitrogen and oxygen atoms in total. The molecule has 2 heterocycles. The molecule has 0 amide bonds. The van der Waals surface area contributed by atoms with Crippen LogP contribution in [0.4, 0.5) is 0 Å². The van der Waals surface area contributed by atoms with Crippen molar-refractivity contribution < 1.29 is 10.2 Å². The van der Waals surface area contributed by atoms with Gasteiger partial charge in [0.25, 0.3) is 0 Å². The van der Waals surface area contributed by atoms with Crippen molar-refractivity contribution in [3.8, 4) is 11.5 Å². The highest BCUT2D eigenvalue weighted by atomic mass is 79.9. The van der Waals surface area contributed by atoms with Gasteiger partial charge in [0, 0.05) is 30.9 Å². The lowest BCUT2D eigenvalue weighted by Crippen LogP contribution is -1.73. The number of hydrogen-bond acceptors (Lipinski definition) is 4. The largest absolute Gasteiger partial charge is 0.507 e. The second-order valence-corrected chi connectivity index (χ2v) is 9.51. The van der Waals surface area contributed by atoms with E-state index in [1.54, 1.807) is 30.9 Å². The van der Waals surface area contributed by atoms with Crippen molar-refractivity contribution in [1.82, 2.24) is 9.97 Å². The van der Waals surface area contributed by atoms with Gasteiger partial charge in [-0.3, -0.25) is 9.97 Å². The molecule has 6 heteroatoms. The summed E-state index contributed by atoms with van der Waals surface area (Å²) in [5.41, 5.74) is 4.77. The number of nitrogens with zero attached hydrogens (tertiary/aromatic N) is 2. The molecule has 0 saturated carbocycles. The summed E-state index contributed by atoms with van der Waals surface area (Å²) < 4.78 is 1.11. The minimum atomic E-state index is 0.0284. The van der Waals surface area contributed by atoms with Gasteiger partial charge in [-0.2, -0.15) is 0 Å². The maximum Gasteiger partial charge on any atom is 0.133 e. The summed E-state index contributed by atoms with van der Waals surface area (Å²) in [6.07, 6.45) is 15.5. The van der Waals surface area contributed by atoms with Gasteiger partial charge in [0.1, 0.15) is 11.5 Å². The third-order valence-electron chi connectivity index (χ3n) is 4.96. The first kappa shape index (κ1) is 28.6. The van der Waals surface area contributed by atoms with Gasteiger partial charge in [-0.15, -0.1) is 0 Å². The van der Waals surface area contributed by atoms with Crippen LogP contribution >= 0.6 is 31.9 Å². The van der Waals surface area contributed by atoms with Crippen molar-refractivity contribution in [1.29, 1.82) is 0 Å². The first-order valence-corrected chi connectivity index (χ1v) is 13.2. The van der Waals surface area contributed by atoms with Crippen LogP contribution in [0.15, 0.2) is 131 Å². The van der Waals surface area contributed by atoms with E-state index in [1.807, 2.05) is 60.7 Å². The average molecular weight is 630 g/mol. The standard InChI is InChI=1S/2C13H11N.C6H4Br2O2/c2*1-2-4-12(5-3-1)6-7-13-8-10-14-11-9-13;7-3-1-4(8)6(10)2-5(3)9/h2*1-11H;1-2,9-10H/b2*7-6+;. The Labute approximate surface area is 240 Å². The highest BCUT2D eigenvalue weighted by Crippen LogP contribution is 2.34. The van der Waals surface area contributed by atoms with E-state index < -0.39 is 0 Å². The van der Waals surface area contributed by atoms with Gasteiger partial charge in [0.2, 0.25) is 0 Å². The lowest BCUT2D eigenvalue weighted by molar-refractivity contribution is 0.446. The van der Waals surface area contributed by atoms with E-state index >= 15 is 0 Å². The first-order valence-electron chi connectivity index (χ1n) is 11.6. The van der Waals surface area contributed by atoms with E-state index in [-0.39, 0.29) is 11.5 Å². The molecule has 0 spiro atoms. The highest BCUT2D eigenvalue weighted by Gasteiger charge is 2.02. The van der Waals surface area contributed by atoms with Gasteiger partial charge in [-0.1, -0.05) is 85.0 Å². The smallest absolute Gasteiger partial charge is 0.133 e. The van der Waals surface area contributed by atoms with Crippen LogP contribution in [-0.4, -0.2) is 20.2 Å². The number of benzene rings is 3. The van der Waals surface area contributed by atoms with Crippen LogP contribution in [0.3, 0.4) is 0 Å². The number of hydrogen-bond donors (Lipinski definition) is 2. The van der Waals surface area contributed by atoms with Crippen LogP contribution in [0.2, 0.25) is 0 Å². The molecule has 0 aliphatic rings. The Hall–Kier alpha value is -4.00. The fourth-order valence-electron chi connectivity index (χ4n) is 2.99. The predicted octanol–water partition coefficient (Wildman–Crippen LogP) is 9.13. The van der Waals surface area contributed by atoms with Crippen molar-refractivity contribution in [2.75, 3.05) is 0 Å². The number of halogens is 2. The van der Waals surface area contributed by atoms with E-state index in [1.165, 1.54) is 28.3 Å². The quantitative estimate of drug-likeness (QED) is 0.208. The lowest BCUT2D eigenvalue weighted by atomic mass is 10.2. The molecule has 0 aliphatic heterocycles. The van der Waals surface area contributed by atoms with Gasteiger partial charge >= 0.3 is 0 Å². The zero-order chi connectivity index (χ0) is 27.0. The van der Waals surface area contributed by atoms with E-state index in [4.69, 9.17) is 10.2 Å². The Morgan fingerprint density at radius 2 is 0.763 bits per heavy atom. The normalized spacial score (nSPS) is 10.4. The second-order valence-electron chi connectivity index (χ2n) is 7.80. The minimum Gasteiger partial charge on any atom is -0.507 e. The van der Waals surface area contributed by atoms with Crippen LogP contribution in [0, 0.1) is 0 Å². The van der Waals surface area contributed by atoms with Crippen molar-refractivity contribution in [3.63, 3.8) is 0 Å². The van der Waals surface area contributed by atoms with Crippen LogP contribution in [0.25, 0.3) is 24.3 Å². The number of phenols is 2. The predicted molar refractivity (Wildman–Crippen MR) is 164 cm³/mol. The van der Waals surface area contributed by atoms with Crippen LogP contribution in [0.5, 0.6) is 11.5 Å². The summed E-state index contributed by atoms with van der Waals surface area (Å²) in [5, 5.41) is 18.0. The van der Waals surface area contributed by atoms with Crippen LogP contribution < -0.4 is 0 Å². The third kappa shape index (κ3) is 10.5. The summed E-state index contributed by atoms with van der Waals surface area (Å²) >= 11 is 6.18. The molecule has 5 aromatic rings. The van der Waals surface area contributed by atoms with Gasteiger partial charge in [0.15, 0.2) is 0 Å². The molecule has 0 aliphatic carbocycles. The summed E-state index contributed by atoms with van der Waals surface area (Å²) in [7, 11) is 0. The molecular formula is C32H26Br2N2O2. The van der Waals surface area contributed by atoms with E-state index in [0.29, 0.717) is 8.95 Å². The van der Waals surface area contributed by atoms with Crippen LogP contribution in [-0.2, 0) is 0 Å². The number of aromatic hydroxyl groups is 2. The molecule has 2 aromatic heterocycles. The fourth-order valence-corrected chi connectivity index (χ4v) is 3.98. The maximum absolute atomic E-state index is 9.00.